The Labute approximate surface area is 379 Å². The minimum absolute atomic E-state index is 0.119. The number of anilines is 1. The second-order valence-corrected chi connectivity index (χ2v) is 20.7. The van der Waals surface area contributed by atoms with Crippen LogP contribution in [-0.2, 0) is 35.3 Å². The first-order chi connectivity index (χ1) is 29.7. The van der Waals surface area contributed by atoms with Gasteiger partial charge in [-0.2, -0.15) is 9.40 Å². The predicted molar refractivity (Wildman–Crippen MR) is 249 cm³/mol. The normalized spacial score (nSPS) is 16.4. The van der Waals surface area contributed by atoms with E-state index in [0.717, 1.165) is 66.4 Å². The Morgan fingerprint density at radius 1 is 0.921 bits per heavy atom. The van der Waals surface area contributed by atoms with E-state index >= 15 is 4.79 Å². The molecule has 0 aliphatic carbocycles. The molecule has 5 heterocycles. The summed E-state index contributed by atoms with van der Waals surface area (Å²) < 4.78 is 47.5. The second-order valence-electron chi connectivity index (χ2n) is 17.9. The SMILES string of the molecule is Cc1cc(OCCCc2c3n(c4c(-c5c(C)nn(C)c5C)c(Cl)ccc24)[C@H](C)CN(c2cn(C)c4ccc(S(=O)(=O)N5CCN(C(=O)OC(C)(C)C)CC5)cc24)C3=O)cc(C)c1Cl. The quantitative estimate of drug-likeness (QED) is 0.132. The Morgan fingerprint density at radius 3 is 2.24 bits per heavy atom. The van der Waals surface area contributed by atoms with Crippen LogP contribution in [0.3, 0.4) is 0 Å². The molecular weight excluding hydrogens is 862 g/mol. The van der Waals surface area contributed by atoms with E-state index in [-0.39, 0.29) is 43.0 Å². The van der Waals surface area contributed by atoms with Crippen LogP contribution in [0.4, 0.5) is 10.5 Å². The maximum absolute atomic E-state index is 15.4. The topological polar surface area (TPSA) is 124 Å². The van der Waals surface area contributed by atoms with E-state index in [9.17, 15) is 13.2 Å². The Bertz CT molecular complexity index is 2910. The van der Waals surface area contributed by atoms with E-state index in [2.05, 4.69) is 11.5 Å². The molecule has 2 aliphatic rings. The third kappa shape index (κ3) is 7.97. The largest absolute Gasteiger partial charge is 0.494 e. The van der Waals surface area contributed by atoms with Gasteiger partial charge < -0.3 is 28.4 Å². The summed E-state index contributed by atoms with van der Waals surface area (Å²) in [6, 6.07) is 12.7. The van der Waals surface area contributed by atoms with Crippen LogP contribution in [0.25, 0.3) is 32.9 Å². The van der Waals surface area contributed by atoms with Crippen molar-refractivity contribution in [3.05, 3.63) is 92.5 Å². The number of carbonyl (C=O) groups is 2. The molecule has 63 heavy (non-hydrogen) atoms. The number of sulfonamides is 1. The number of fused-ring (bicyclic) bond motifs is 4. The fraction of sp³-hybridized carbons (Fsp3) is 0.426. The minimum atomic E-state index is -3.95. The highest BCUT2D eigenvalue weighted by Crippen LogP contribution is 2.46. The molecule has 6 aromatic rings. The highest BCUT2D eigenvalue weighted by Gasteiger charge is 2.38. The fourth-order valence-electron chi connectivity index (χ4n) is 9.25. The molecule has 334 valence electrons. The molecule has 2 aliphatic heterocycles. The van der Waals surface area contributed by atoms with E-state index in [4.69, 9.17) is 37.8 Å². The summed E-state index contributed by atoms with van der Waals surface area (Å²) in [5.41, 5.74) is 8.56. The van der Waals surface area contributed by atoms with Gasteiger partial charge in [0.15, 0.2) is 0 Å². The Morgan fingerprint density at radius 2 is 1.60 bits per heavy atom. The summed E-state index contributed by atoms with van der Waals surface area (Å²) in [7, 11) is -0.141. The summed E-state index contributed by atoms with van der Waals surface area (Å²) in [4.78, 5) is 31.5. The zero-order chi connectivity index (χ0) is 45.4. The van der Waals surface area contributed by atoms with Gasteiger partial charge in [-0.05, 0) is 121 Å². The van der Waals surface area contributed by atoms with Gasteiger partial charge in [0.25, 0.3) is 5.91 Å². The van der Waals surface area contributed by atoms with Crippen molar-refractivity contribution in [1.29, 1.82) is 0 Å². The Hall–Kier alpha value is -5.02. The monoisotopic (exact) mass is 915 g/mol. The first kappa shape index (κ1) is 44.6. The average Bonchev–Trinajstić information content (AvgIpc) is 3.83. The lowest BCUT2D eigenvalue weighted by Crippen LogP contribution is -2.51. The summed E-state index contributed by atoms with van der Waals surface area (Å²) in [5.74, 6) is 0.552. The van der Waals surface area contributed by atoms with Gasteiger partial charge in [-0.3, -0.25) is 9.48 Å². The number of benzene rings is 3. The third-order valence-electron chi connectivity index (χ3n) is 12.3. The summed E-state index contributed by atoms with van der Waals surface area (Å²) in [5, 5.41) is 7.60. The standard InChI is InChI=1S/C47H55Cl2N7O6S/c1-27-22-32(23-28(2)42(27)49)61-21-11-12-34-35-14-15-37(48)41(40-30(4)50-52(10)31(40)5)43(35)56-29(3)25-55(45(57)44(34)56)39-26-51(9)38-16-13-33(24-36(38)39)63(59,60)54-19-17-53(18-20-54)46(58)62-47(6,7)8/h13-16,22-24,26,29H,11-12,17-21,25H2,1-10H3/t29-/m1/s1. The molecule has 16 heteroatoms. The number of amides is 2. The van der Waals surface area contributed by atoms with Gasteiger partial charge in [0.1, 0.15) is 17.0 Å². The minimum Gasteiger partial charge on any atom is -0.494 e. The molecule has 0 N–H and O–H groups in total. The number of nitrogens with zero attached hydrogens (tertiary/aromatic N) is 7. The first-order valence-electron chi connectivity index (χ1n) is 21.3. The number of carbonyl (C=O) groups excluding carboxylic acids is 2. The van der Waals surface area contributed by atoms with Gasteiger partial charge in [-0.15, -0.1) is 0 Å². The van der Waals surface area contributed by atoms with Crippen molar-refractivity contribution in [3.63, 3.8) is 0 Å². The molecule has 1 saturated heterocycles. The maximum atomic E-state index is 15.4. The van der Waals surface area contributed by atoms with Crippen LogP contribution in [0.15, 0.2) is 53.6 Å². The van der Waals surface area contributed by atoms with Crippen molar-refractivity contribution in [2.24, 2.45) is 14.1 Å². The molecule has 0 radical (unpaired) electrons. The number of aromatic nitrogens is 4. The number of rotatable bonds is 9. The number of aryl methyl sites for hydroxylation is 6. The van der Waals surface area contributed by atoms with Crippen LogP contribution in [0, 0.1) is 27.7 Å². The van der Waals surface area contributed by atoms with Crippen LogP contribution < -0.4 is 9.64 Å². The van der Waals surface area contributed by atoms with Gasteiger partial charge >= 0.3 is 6.09 Å². The smallest absolute Gasteiger partial charge is 0.410 e. The first-order valence-corrected chi connectivity index (χ1v) is 23.5. The van der Waals surface area contributed by atoms with Gasteiger partial charge in [-0.1, -0.05) is 29.3 Å². The molecule has 0 bridgehead atoms. The van der Waals surface area contributed by atoms with E-state index in [1.165, 1.54) is 9.21 Å². The van der Waals surface area contributed by atoms with Crippen LogP contribution >= 0.6 is 23.2 Å². The van der Waals surface area contributed by atoms with Crippen LogP contribution in [-0.4, -0.2) is 93.5 Å². The van der Waals surface area contributed by atoms with E-state index in [1.54, 1.807) is 43.9 Å². The predicted octanol–water partition coefficient (Wildman–Crippen LogP) is 9.55. The van der Waals surface area contributed by atoms with Crippen LogP contribution in [0.5, 0.6) is 5.75 Å². The summed E-state index contributed by atoms with van der Waals surface area (Å²) in [6.07, 6.45) is 2.61. The van der Waals surface area contributed by atoms with E-state index in [0.29, 0.717) is 47.8 Å². The molecule has 0 saturated carbocycles. The Kier molecular flexibility index (Phi) is 11.7. The number of piperazine rings is 1. The van der Waals surface area contributed by atoms with Gasteiger partial charge in [-0.25, -0.2) is 13.2 Å². The molecule has 8 rings (SSSR count). The number of hydrogen-bond donors (Lipinski definition) is 0. The molecule has 3 aromatic heterocycles. The molecule has 0 unspecified atom stereocenters. The van der Waals surface area contributed by atoms with Crippen molar-refractivity contribution >= 4 is 72.7 Å². The van der Waals surface area contributed by atoms with Gasteiger partial charge in [0.05, 0.1) is 33.4 Å². The van der Waals surface area contributed by atoms with Crippen LogP contribution in [0.1, 0.15) is 78.7 Å². The molecule has 3 aromatic carbocycles. The van der Waals surface area contributed by atoms with Crippen molar-refractivity contribution in [2.75, 3.05) is 44.2 Å². The molecule has 1 fully saturated rings. The van der Waals surface area contributed by atoms with E-state index in [1.807, 2.05) is 81.5 Å². The van der Waals surface area contributed by atoms with Crippen molar-refractivity contribution < 1.29 is 27.5 Å². The molecule has 2 amide bonds. The average molecular weight is 917 g/mol. The van der Waals surface area contributed by atoms with Crippen molar-refractivity contribution in [3.8, 4) is 16.9 Å². The molecule has 1 atom stereocenters. The van der Waals surface area contributed by atoms with Crippen molar-refractivity contribution in [1.82, 2.24) is 28.1 Å². The fourth-order valence-corrected chi connectivity index (χ4v) is 11.1. The lowest BCUT2D eigenvalue weighted by atomic mass is 9.98. The summed E-state index contributed by atoms with van der Waals surface area (Å²) in [6.45, 7) is 16.9. The third-order valence-corrected chi connectivity index (χ3v) is 15.1. The highest BCUT2D eigenvalue weighted by atomic mass is 35.5. The van der Waals surface area contributed by atoms with Crippen molar-refractivity contribution in [2.45, 2.75) is 84.8 Å². The van der Waals surface area contributed by atoms with Gasteiger partial charge in [0.2, 0.25) is 10.0 Å². The van der Waals surface area contributed by atoms with E-state index < -0.39 is 21.7 Å². The number of halogens is 2. The molecule has 0 spiro atoms. The van der Waals surface area contributed by atoms with Gasteiger partial charge in [0, 0.05) is 97.2 Å². The zero-order valence-corrected chi connectivity index (χ0v) is 39.9. The maximum Gasteiger partial charge on any atom is 0.410 e. The summed E-state index contributed by atoms with van der Waals surface area (Å²) >= 11 is 13.6. The lowest BCUT2D eigenvalue weighted by Gasteiger charge is -2.35. The Balaban J connectivity index is 1.18. The zero-order valence-electron chi connectivity index (χ0n) is 37.6. The second kappa shape index (κ2) is 16.5. The lowest BCUT2D eigenvalue weighted by molar-refractivity contribution is 0.0192. The van der Waals surface area contributed by atoms with Crippen LogP contribution in [0.2, 0.25) is 10.0 Å². The number of ether oxygens (including phenoxy) is 2. The molecule has 13 nitrogen and oxygen atoms in total. The number of hydrogen-bond acceptors (Lipinski definition) is 7. The molecular formula is C47H55Cl2N7O6S. The highest BCUT2D eigenvalue weighted by molar-refractivity contribution is 7.89.